The zero-order valence-corrected chi connectivity index (χ0v) is 39.3. The van der Waals surface area contributed by atoms with Crippen molar-refractivity contribution in [3.63, 3.8) is 0 Å². The van der Waals surface area contributed by atoms with Crippen LogP contribution in [0, 0.1) is 36.5 Å². The van der Waals surface area contributed by atoms with E-state index in [1.807, 2.05) is 6.07 Å². The number of hydrogen-bond acceptors (Lipinski definition) is 13. The number of rotatable bonds is 15. The molecule has 2 aromatic carbocycles. The molecule has 2 heterocycles. The molecule has 0 radical (unpaired) electrons. The number of aryl methyl sites for hydroxylation is 2. The maximum absolute atomic E-state index is 14.7. The van der Waals surface area contributed by atoms with Gasteiger partial charge >= 0.3 is 0 Å². The highest BCUT2D eigenvalue weighted by Crippen LogP contribution is 2.43. The van der Waals surface area contributed by atoms with Gasteiger partial charge in [0, 0.05) is 43.6 Å². The normalized spacial score (nSPS) is 20.3. The summed E-state index contributed by atoms with van der Waals surface area (Å²) in [6.07, 6.45) is 4.12. The summed E-state index contributed by atoms with van der Waals surface area (Å²) < 4.78 is 12.2. The van der Waals surface area contributed by atoms with E-state index in [-0.39, 0.29) is 69.1 Å². The standard InChI is InChI=1S/C48H67N11O7/c1-27-40(28(2)55-42(54-27)31-9-12-33(13-10-31)48(4,5)6)45(62)57-36(16-17-49)47(64)59(7)41-32-11-15-39(66-23-20-52)35(26-32)34-24-30(8-14-38(34)65-22-19-51)25-37(44(61)53-21-18-50)58-43(60)29(3)56-46(41)63/h8,11,14-15,24,26,29,31,33,36-37,41H,9-10,12-13,16-17,19-23,25,49,51-52H2,1-7H3,(H,53,61)(H,56,63)(H,57,62)(H,58,60)/t29-,31-,33+,36-,37-,41-/m0/s1. The molecule has 1 fully saturated rings. The topological polar surface area (TPSA) is 283 Å². The number of nitriles is 1. The lowest BCUT2D eigenvalue weighted by Crippen LogP contribution is -2.56. The summed E-state index contributed by atoms with van der Waals surface area (Å²) in [5.41, 5.74) is 21.1. The van der Waals surface area contributed by atoms with Gasteiger partial charge in [0.1, 0.15) is 61.2 Å². The van der Waals surface area contributed by atoms with Crippen LogP contribution in [0.15, 0.2) is 36.4 Å². The molecule has 66 heavy (non-hydrogen) atoms. The minimum atomic E-state index is -1.39. The van der Waals surface area contributed by atoms with Crippen LogP contribution in [0.2, 0.25) is 0 Å². The first-order valence-electron chi connectivity index (χ1n) is 22.7. The summed E-state index contributed by atoms with van der Waals surface area (Å²) in [5.74, 6) is -0.935. The Morgan fingerprint density at radius 2 is 1.50 bits per heavy atom. The van der Waals surface area contributed by atoms with Gasteiger partial charge in [-0.15, -0.1) is 0 Å². The van der Waals surface area contributed by atoms with Gasteiger partial charge in [0.05, 0.1) is 23.0 Å². The molecule has 0 unspecified atom stereocenters. The third-order valence-corrected chi connectivity index (χ3v) is 12.4. The van der Waals surface area contributed by atoms with Gasteiger partial charge in [-0.1, -0.05) is 32.9 Å². The predicted molar refractivity (Wildman–Crippen MR) is 249 cm³/mol. The number of fused-ring (bicyclic) bond motifs is 5. The third kappa shape index (κ3) is 12.4. The lowest BCUT2D eigenvalue weighted by Gasteiger charge is -2.36. The quantitative estimate of drug-likeness (QED) is 0.108. The first-order valence-corrected chi connectivity index (χ1v) is 22.7. The molecule has 1 aliphatic carbocycles. The van der Waals surface area contributed by atoms with E-state index in [2.05, 4.69) is 42.0 Å². The predicted octanol–water partition coefficient (Wildman–Crippen LogP) is 2.59. The monoisotopic (exact) mass is 910 g/mol. The van der Waals surface area contributed by atoms with Gasteiger partial charge < -0.3 is 52.8 Å². The van der Waals surface area contributed by atoms with Crippen LogP contribution in [0.1, 0.15) is 110 Å². The molecule has 5 rings (SSSR count). The number of likely N-dealkylation sites (N-methyl/N-ethyl adjacent to an activating group) is 1. The van der Waals surface area contributed by atoms with Gasteiger partial charge in [-0.2, -0.15) is 5.26 Å². The number of carbonyl (C=O) groups excluding carboxylic acids is 5. The van der Waals surface area contributed by atoms with Crippen molar-refractivity contribution in [3.8, 4) is 28.7 Å². The first-order chi connectivity index (χ1) is 31.4. The van der Waals surface area contributed by atoms with Crippen molar-refractivity contribution >= 4 is 29.5 Å². The molecule has 1 saturated carbocycles. The van der Waals surface area contributed by atoms with Crippen molar-refractivity contribution < 1.29 is 33.4 Å². The van der Waals surface area contributed by atoms with Crippen LogP contribution < -0.4 is 47.9 Å². The number of nitrogens with two attached hydrogens (primary N) is 3. The Balaban J connectivity index is 1.54. The number of benzene rings is 2. The van der Waals surface area contributed by atoms with Crippen LogP contribution in [0.3, 0.4) is 0 Å². The molecule has 18 heteroatoms. The van der Waals surface area contributed by atoms with Crippen molar-refractivity contribution in [2.45, 2.75) is 110 Å². The maximum Gasteiger partial charge on any atom is 0.255 e. The van der Waals surface area contributed by atoms with E-state index in [1.165, 1.54) is 18.9 Å². The fraction of sp³-hybridized carbons (Fsp3) is 0.542. The van der Waals surface area contributed by atoms with Crippen molar-refractivity contribution in [2.75, 3.05) is 46.4 Å². The average Bonchev–Trinajstić information content (AvgIpc) is 3.28. The molecule has 4 atom stereocenters. The fourth-order valence-corrected chi connectivity index (χ4v) is 8.83. The van der Waals surface area contributed by atoms with E-state index in [9.17, 15) is 29.2 Å². The second-order valence-corrected chi connectivity index (χ2v) is 18.2. The number of nitrogens with zero attached hydrogens (tertiary/aromatic N) is 4. The number of aromatic nitrogens is 2. The maximum atomic E-state index is 14.7. The molecule has 1 aliphatic heterocycles. The molecule has 0 spiro atoms. The van der Waals surface area contributed by atoms with Crippen LogP contribution in [0.5, 0.6) is 11.5 Å². The van der Waals surface area contributed by atoms with Crippen LogP contribution >= 0.6 is 0 Å². The highest BCUT2D eigenvalue weighted by atomic mass is 16.5. The summed E-state index contributed by atoms with van der Waals surface area (Å²) in [6, 6.07) is 7.16. The molecule has 3 aromatic rings. The van der Waals surface area contributed by atoms with Crippen molar-refractivity contribution in [1.29, 1.82) is 5.26 Å². The van der Waals surface area contributed by atoms with E-state index in [1.54, 1.807) is 50.2 Å². The summed E-state index contributed by atoms with van der Waals surface area (Å²) >= 11 is 0. The van der Waals surface area contributed by atoms with Gasteiger partial charge in [-0.05, 0) is 106 Å². The first kappa shape index (κ1) is 50.8. The van der Waals surface area contributed by atoms with Crippen LogP contribution in [-0.4, -0.2) is 109 Å². The second kappa shape index (κ2) is 22.8. The minimum absolute atomic E-state index is 0.00845. The number of nitrogens with one attached hydrogen (secondary N) is 4. The smallest absolute Gasteiger partial charge is 0.255 e. The largest absolute Gasteiger partial charge is 0.492 e. The SMILES string of the molecule is Cc1nc([C@H]2CC[C@@H](C(C)(C)C)CC2)nc(C)c1C(=O)N[C@@H](CCN)C(=O)N(C)[C@@H]1C(=O)N[C@@H](C)C(=O)N[C@H](C(=O)NCC#N)Cc2ccc(OCCN)c(c2)-c2cc1ccc2OCCN. The third-order valence-electron chi connectivity index (χ3n) is 12.4. The molecular formula is C48H67N11O7. The zero-order valence-electron chi connectivity index (χ0n) is 39.3. The molecule has 0 saturated heterocycles. The van der Waals surface area contributed by atoms with Crippen molar-refractivity contribution in [2.24, 2.45) is 28.5 Å². The van der Waals surface area contributed by atoms with Gasteiger partial charge in [-0.25, -0.2) is 9.97 Å². The molecular weight excluding hydrogens is 843 g/mol. The van der Waals surface area contributed by atoms with Crippen molar-refractivity contribution in [1.82, 2.24) is 36.1 Å². The van der Waals surface area contributed by atoms with E-state index in [4.69, 9.17) is 36.6 Å². The highest BCUT2D eigenvalue weighted by Gasteiger charge is 2.37. The molecule has 18 nitrogen and oxygen atoms in total. The Labute approximate surface area is 387 Å². The van der Waals surface area contributed by atoms with Crippen LogP contribution in [0.4, 0.5) is 0 Å². The Morgan fingerprint density at radius 1 is 0.894 bits per heavy atom. The van der Waals surface area contributed by atoms with Gasteiger partial charge in [0.2, 0.25) is 23.6 Å². The molecule has 10 N–H and O–H groups in total. The van der Waals surface area contributed by atoms with E-state index in [0.717, 1.165) is 25.7 Å². The molecule has 1 aromatic heterocycles. The lowest BCUT2D eigenvalue weighted by atomic mass is 9.69. The van der Waals surface area contributed by atoms with Crippen LogP contribution in [0.25, 0.3) is 11.1 Å². The number of ether oxygens (including phenoxy) is 2. The highest BCUT2D eigenvalue weighted by molar-refractivity contribution is 6.00. The average molecular weight is 910 g/mol. The van der Waals surface area contributed by atoms with E-state index >= 15 is 0 Å². The lowest BCUT2D eigenvalue weighted by molar-refractivity contribution is -0.141. The number of amides is 5. The summed E-state index contributed by atoms with van der Waals surface area (Å²) in [5, 5.41) is 20.0. The van der Waals surface area contributed by atoms with Gasteiger partial charge in [0.25, 0.3) is 5.91 Å². The summed E-state index contributed by atoms with van der Waals surface area (Å²) in [4.78, 5) is 81.4. The molecule has 5 amide bonds. The molecule has 2 aliphatic rings. The Morgan fingerprint density at radius 3 is 2.08 bits per heavy atom. The number of hydrogen-bond donors (Lipinski definition) is 7. The van der Waals surface area contributed by atoms with Gasteiger partial charge in [0.15, 0.2) is 0 Å². The van der Waals surface area contributed by atoms with Crippen molar-refractivity contribution in [3.05, 3.63) is 70.3 Å². The zero-order chi connectivity index (χ0) is 48.3. The minimum Gasteiger partial charge on any atom is -0.492 e. The summed E-state index contributed by atoms with van der Waals surface area (Å²) in [6.45, 7) is 12.2. The van der Waals surface area contributed by atoms with Crippen LogP contribution in [-0.2, 0) is 25.6 Å². The van der Waals surface area contributed by atoms with Gasteiger partial charge in [-0.3, -0.25) is 24.0 Å². The Hall–Kier alpha value is -6.16. The number of carbonyl (C=O) groups is 5. The summed E-state index contributed by atoms with van der Waals surface area (Å²) in [7, 11) is 1.43. The Kier molecular flexibility index (Phi) is 17.6. The fourth-order valence-electron chi connectivity index (χ4n) is 8.83. The second-order valence-electron chi connectivity index (χ2n) is 18.2. The van der Waals surface area contributed by atoms with E-state index in [0.29, 0.717) is 56.9 Å². The molecule has 4 bridgehead atoms. The molecule has 356 valence electrons. The van der Waals surface area contributed by atoms with E-state index < -0.39 is 53.7 Å². The Bertz CT molecular complexity index is 2260.